The molecule has 4 nitrogen and oxygen atoms in total. The van der Waals surface area contributed by atoms with E-state index in [2.05, 4.69) is 22.0 Å². The smallest absolute Gasteiger partial charge is 0.274 e. The highest BCUT2D eigenvalue weighted by Crippen LogP contribution is 2.29. The molecule has 0 fully saturated rings. The van der Waals surface area contributed by atoms with E-state index >= 15 is 0 Å². The van der Waals surface area contributed by atoms with E-state index in [0.29, 0.717) is 16.9 Å². The molecule has 0 atom stereocenters. The van der Waals surface area contributed by atoms with E-state index in [9.17, 15) is 4.79 Å². The quantitative estimate of drug-likeness (QED) is 0.652. The van der Waals surface area contributed by atoms with Crippen LogP contribution < -0.4 is 4.90 Å². The summed E-state index contributed by atoms with van der Waals surface area (Å²) < 4.78 is 2.86. The first-order chi connectivity index (χ1) is 12.0. The molecule has 1 heterocycles. The van der Waals surface area contributed by atoms with E-state index in [-0.39, 0.29) is 5.91 Å². The minimum absolute atomic E-state index is 0.129. The third-order valence-electron chi connectivity index (χ3n) is 4.16. The topological polar surface area (TPSA) is 49.0 Å². The van der Waals surface area contributed by atoms with Crippen molar-refractivity contribution in [3.8, 4) is 17.3 Å². The van der Waals surface area contributed by atoms with Gasteiger partial charge in [0.05, 0.1) is 11.6 Å². The van der Waals surface area contributed by atoms with Gasteiger partial charge in [0.25, 0.3) is 5.91 Å². The van der Waals surface area contributed by atoms with E-state index in [1.54, 1.807) is 30.1 Å². The average molecular weight is 394 g/mol. The summed E-state index contributed by atoms with van der Waals surface area (Å²) in [5.74, 6) is -0.129. The molecule has 0 aliphatic rings. The van der Waals surface area contributed by atoms with Crippen LogP contribution in [0, 0.1) is 11.3 Å². The Bertz CT molecular complexity index is 985. The van der Waals surface area contributed by atoms with Crippen molar-refractivity contribution in [1.82, 2.24) is 4.57 Å². The minimum Gasteiger partial charge on any atom is -0.340 e. The van der Waals surface area contributed by atoms with Gasteiger partial charge in [-0.1, -0.05) is 40.2 Å². The predicted molar refractivity (Wildman–Crippen MR) is 102 cm³/mol. The number of hydrogen-bond donors (Lipinski definition) is 0. The van der Waals surface area contributed by atoms with Crippen LogP contribution in [0.3, 0.4) is 0 Å². The van der Waals surface area contributed by atoms with E-state index in [1.165, 1.54) is 0 Å². The van der Waals surface area contributed by atoms with Gasteiger partial charge in [0, 0.05) is 35.5 Å². The second-order valence-electron chi connectivity index (χ2n) is 5.67. The summed E-state index contributed by atoms with van der Waals surface area (Å²) in [5.41, 5.74) is 3.77. The number of nitriles is 1. The fraction of sp³-hybridized carbons (Fsp3) is 0.100. The fourth-order valence-corrected chi connectivity index (χ4v) is 3.23. The highest BCUT2D eigenvalue weighted by Gasteiger charge is 2.19. The van der Waals surface area contributed by atoms with E-state index in [1.807, 2.05) is 54.1 Å². The maximum Gasteiger partial charge on any atom is 0.274 e. The Kier molecular flexibility index (Phi) is 4.73. The summed E-state index contributed by atoms with van der Waals surface area (Å²) in [6.45, 7) is 0. The Morgan fingerprint density at radius 1 is 1.12 bits per heavy atom. The molecular formula is C20H16BrN3O. The molecule has 0 spiro atoms. The molecule has 124 valence electrons. The molecular weight excluding hydrogens is 378 g/mol. The van der Waals surface area contributed by atoms with Crippen LogP contribution in [0.5, 0.6) is 0 Å². The van der Waals surface area contributed by atoms with Crippen molar-refractivity contribution in [1.29, 1.82) is 5.26 Å². The largest absolute Gasteiger partial charge is 0.340 e. The Morgan fingerprint density at radius 2 is 1.88 bits per heavy atom. The number of aromatic nitrogens is 1. The fourth-order valence-electron chi connectivity index (χ4n) is 2.74. The van der Waals surface area contributed by atoms with Gasteiger partial charge >= 0.3 is 0 Å². The number of nitrogens with zero attached hydrogens (tertiary/aromatic N) is 3. The van der Waals surface area contributed by atoms with Crippen molar-refractivity contribution in [3.05, 3.63) is 76.4 Å². The Balaban J connectivity index is 1.96. The zero-order chi connectivity index (χ0) is 18.0. The van der Waals surface area contributed by atoms with Crippen LogP contribution >= 0.6 is 15.9 Å². The molecule has 0 bridgehead atoms. The Morgan fingerprint density at radius 3 is 2.60 bits per heavy atom. The minimum atomic E-state index is -0.129. The maximum atomic E-state index is 12.9. The van der Waals surface area contributed by atoms with Crippen molar-refractivity contribution in [3.63, 3.8) is 0 Å². The second kappa shape index (κ2) is 6.96. The molecule has 0 N–H and O–H groups in total. The highest BCUT2D eigenvalue weighted by atomic mass is 79.9. The first kappa shape index (κ1) is 17.0. The highest BCUT2D eigenvalue weighted by molar-refractivity contribution is 9.10. The number of benzene rings is 2. The van der Waals surface area contributed by atoms with Gasteiger partial charge in [0.1, 0.15) is 5.69 Å². The summed E-state index contributed by atoms with van der Waals surface area (Å²) in [7, 11) is 3.59. The third-order valence-corrected chi connectivity index (χ3v) is 4.85. The van der Waals surface area contributed by atoms with Crippen LogP contribution in [0.4, 0.5) is 5.69 Å². The molecule has 3 aromatic rings. The molecule has 3 rings (SSSR count). The van der Waals surface area contributed by atoms with Gasteiger partial charge < -0.3 is 9.47 Å². The van der Waals surface area contributed by atoms with Crippen LogP contribution in [0.15, 0.2) is 65.1 Å². The van der Waals surface area contributed by atoms with Gasteiger partial charge in [-0.3, -0.25) is 4.79 Å². The van der Waals surface area contributed by atoms with Crippen LogP contribution in [0.25, 0.3) is 11.3 Å². The molecule has 0 aliphatic heterocycles. The predicted octanol–water partition coefficient (Wildman–Crippen LogP) is 4.60. The maximum absolute atomic E-state index is 12.9. The first-order valence-corrected chi connectivity index (χ1v) is 8.51. The summed E-state index contributed by atoms with van der Waals surface area (Å²) in [6.07, 6.45) is 0. The molecule has 2 aromatic carbocycles. The van der Waals surface area contributed by atoms with E-state index < -0.39 is 0 Å². The van der Waals surface area contributed by atoms with Gasteiger partial charge in [-0.25, -0.2) is 0 Å². The van der Waals surface area contributed by atoms with Crippen LogP contribution in [-0.2, 0) is 7.05 Å². The normalized spacial score (nSPS) is 10.3. The van der Waals surface area contributed by atoms with Crippen LogP contribution in [0.2, 0.25) is 0 Å². The molecule has 0 saturated heterocycles. The number of carbonyl (C=O) groups excluding carboxylic acids is 1. The summed E-state index contributed by atoms with van der Waals surface area (Å²) in [4.78, 5) is 14.5. The molecule has 25 heavy (non-hydrogen) atoms. The standard InChI is InChI=1S/C20H16BrN3O/c1-23(15-7-5-6-14(12-15)13-22)20(25)19-11-10-18(24(19)2)16-8-3-4-9-17(16)21/h3-12H,1-2H3. The van der Waals surface area contributed by atoms with E-state index in [4.69, 9.17) is 5.26 Å². The zero-order valence-electron chi connectivity index (χ0n) is 13.9. The van der Waals surface area contributed by atoms with Gasteiger partial charge in [0.2, 0.25) is 0 Å². The van der Waals surface area contributed by atoms with Gasteiger partial charge in [0.15, 0.2) is 0 Å². The number of halogens is 1. The van der Waals surface area contributed by atoms with Crippen molar-refractivity contribution in [2.45, 2.75) is 0 Å². The SMILES string of the molecule is CN(C(=O)c1ccc(-c2ccccc2Br)n1C)c1cccc(C#N)c1. The number of carbonyl (C=O) groups is 1. The van der Waals surface area contributed by atoms with Gasteiger partial charge in [-0.2, -0.15) is 5.26 Å². The van der Waals surface area contributed by atoms with Crippen LogP contribution in [0.1, 0.15) is 16.1 Å². The third kappa shape index (κ3) is 3.21. The van der Waals surface area contributed by atoms with Crippen LogP contribution in [-0.4, -0.2) is 17.5 Å². The molecule has 1 aromatic heterocycles. The lowest BCUT2D eigenvalue weighted by Gasteiger charge is -2.18. The number of anilines is 1. The Hall–Kier alpha value is -2.84. The first-order valence-electron chi connectivity index (χ1n) is 7.71. The molecule has 0 saturated carbocycles. The van der Waals surface area contributed by atoms with E-state index in [0.717, 1.165) is 15.7 Å². The molecule has 5 heteroatoms. The molecule has 0 unspecified atom stereocenters. The van der Waals surface area contributed by atoms with Crippen molar-refractivity contribution >= 4 is 27.5 Å². The number of amides is 1. The molecule has 0 radical (unpaired) electrons. The van der Waals surface area contributed by atoms with Crippen molar-refractivity contribution < 1.29 is 4.79 Å². The lowest BCUT2D eigenvalue weighted by Crippen LogP contribution is -2.28. The summed E-state index contributed by atoms with van der Waals surface area (Å²) in [6, 6.07) is 20.8. The number of rotatable bonds is 3. The second-order valence-corrected chi connectivity index (χ2v) is 6.52. The van der Waals surface area contributed by atoms with Crippen molar-refractivity contribution in [2.24, 2.45) is 7.05 Å². The van der Waals surface area contributed by atoms with Crippen molar-refractivity contribution in [2.75, 3.05) is 11.9 Å². The lowest BCUT2D eigenvalue weighted by molar-refractivity contribution is 0.0985. The zero-order valence-corrected chi connectivity index (χ0v) is 15.5. The van der Waals surface area contributed by atoms with Gasteiger partial charge in [-0.05, 0) is 36.4 Å². The summed E-state index contributed by atoms with van der Waals surface area (Å²) in [5, 5.41) is 9.04. The lowest BCUT2D eigenvalue weighted by atomic mass is 10.1. The van der Waals surface area contributed by atoms with Gasteiger partial charge in [-0.15, -0.1) is 0 Å². The number of hydrogen-bond acceptors (Lipinski definition) is 2. The monoisotopic (exact) mass is 393 g/mol. The molecule has 0 aliphatic carbocycles. The molecule has 1 amide bonds. The average Bonchev–Trinajstić information content (AvgIpc) is 3.02. The summed E-state index contributed by atoms with van der Waals surface area (Å²) >= 11 is 3.56. The Labute approximate surface area is 155 Å².